The van der Waals surface area contributed by atoms with Crippen LogP contribution in [0.5, 0.6) is 17.2 Å². The lowest BCUT2D eigenvalue weighted by Gasteiger charge is -2.06. The van der Waals surface area contributed by atoms with E-state index >= 15 is 0 Å². The number of rotatable bonds is 5. The van der Waals surface area contributed by atoms with Crippen LogP contribution in [0.1, 0.15) is 0 Å². The molecule has 1 aromatic heterocycles. The molecule has 0 aliphatic carbocycles. The van der Waals surface area contributed by atoms with Gasteiger partial charge in [0.1, 0.15) is 40.6 Å². The Morgan fingerprint density at radius 1 is 1.14 bits per heavy atom. The average molecular weight is 299 g/mol. The predicted molar refractivity (Wildman–Crippen MR) is 78.6 cm³/mol. The number of hydrogen-bond donors (Lipinski definition) is 1. The van der Waals surface area contributed by atoms with E-state index in [9.17, 15) is 9.90 Å². The van der Waals surface area contributed by atoms with Crippen LogP contribution in [0.4, 0.5) is 0 Å². The summed E-state index contributed by atoms with van der Waals surface area (Å²) in [6.45, 7) is -0.0670. The van der Waals surface area contributed by atoms with Crippen molar-refractivity contribution in [3.05, 3.63) is 36.4 Å². The number of phenolic OH excluding ortho intramolecular Hbond substituents is 1. The molecule has 0 fully saturated rings. The third-order valence-corrected chi connectivity index (χ3v) is 3.07. The van der Waals surface area contributed by atoms with Crippen LogP contribution in [0, 0.1) is 0 Å². The van der Waals surface area contributed by atoms with Gasteiger partial charge in [-0.2, -0.15) is 0 Å². The molecule has 0 amide bonds. The van der Waals surface area contributed by atoms with Crippen molar-refractivity contribution < 1.29 is 19.4 Å². The van der Waals surface area contributed by atoms with E-state index in [0.717, 1.165) is 0 Å². The van der Waals surface area contributed by atoms with Crippen molar-refractivity contribution >= 4 is 17.3 Å². The summed E-state index contributed by atoms with van der Waals surface area (Å²) in [7, 11) is 1.58. The predicted octanol–water partition coefficient (Wildman–Crippen LogP) is 1.71. The van der Waals surface area contributed by atoms with Crippen molar-refractivity contribution in [3.63, 3.8) is 0 Å². The molecule has 1 N–H and O–H groups in total. The third kappa shape index (κ3) is 2.56. The second-order valence-electron chi connectivity index (χ2n) is 4.47. The van der Waals surface area contributed by atoms with Crippen LogP contribution >= 0.6 is 0 Å². The molecule has 0 aliphatic heterocycles. The first kappa shape index (κ1) is 13.9. The number of phenols is 1. The molecule has 1 heterocycles. The second-order valence-corrected chi connectivity index (χ2v) is 4.47. The Morgan fingerprint density at radius 2 is 1.91 bits per heavy atom. The zero-order valence-corrected chi connectivity index (χ0v) is 11.8. The van der Waals surface area contributed by atoms with Crippen molar-refractivity contribution in [1.29, 1.82) is 0 Å². The maximum absolute atomic E-state index is 10.3. The first-order valence-corrected chi connectivity index (χ1v) is 6.52. The number of carbonyl (C=O) groups is 1. The van der Waals surface area contributed by atoms with Gasteiger partial charge in [0.25, 0.3) is 0 Å². The van der Waals surface area contributed by atoms with Gasteiger partial charge in [-0.15, -0.1) is 15.0 Å². The van der Waals surface area contributed by atoms with E-state index in [1.807, 2.05) is 0 Å². The molecule has 0 saturated carbocycles. The highest BCUT2D eigenvalue weighted by Crippen LogP contribution is 2.27. The van der Waals surface area contributed by atoms with Crippen molar-refractivity contribution in [2.45, 2.75) is 0 Å². The van der Waals surface area contributed by atoms with Gasteiger partial charge >= 0.3 is 0 Å². The molecular weight excluding hydrogens is 286 g/mol. The average Bonchev–Trinajstić information content (AvgIpc) is 2.95. The second kappa shape index (κ2) is 5.72. The summed E-state index contributed by atoms with van der Waals surface area (Å²) in [6.07, 6.45) is 0.639. The number of carbonyl (C=O) groups excluding carboxylic acids is 1. The molecule has 0 bridgehead atoms. The van der Waals surface area contributed by atoms with Gasteiger partial charge in [0.2, 0.25) is 0 Å². The Labute approximate surface area is 125 Å². The van der Waals surface area contributed by atoms with Gasteiger partial charge in [0.15, 0.2) is 6.29 Å². The molecule has 7 heteroatoms. The number of aromatic nitrogens is 3. The molecule has 2 aromatic carbocycles. The molecule has 0 saturated heterocycles. The van der Waals surface area contributed by atoms with Gasteiger partial charge in [-0.05, 0) is 24.3 Å². The van der Waals surface area contributed by atoms with Crippen LogP contribution in [0.3, 0.4) is 0 Å². The summed E-state index contributed by atoms with van der Waals surface area (Å²) in [6, 6.07) is 10.00. The highest BCUT2D eigenvalue weighted by atomic mass is 16.5. The van der Waals surface area contributed by atoms with E-state index in [4.69, 9.17) is 9.47 Å². The minimum Gasteiger partial charge on any atom is -0.505 e. The number of methoxy groups -OCH3 is 1. The van der Waals surface area contributed by atoms with E-state index in [2.05, 4.69) is 10.2 Å². The smallest absolute Gasteiger partial charge is 0.157 e. The zero-order chi connectivity index (χ0) is 15.5. The fourth-order valence-corrected chi connectivity index (χ4v) is 2.02. The van der Waals surface area contributed by atoms with Gasteiger partial charge < -0.3 is 14.6 Å². The maximum Gasteiger partial charge on any atom is 0.157 e. The Hall–Kier alpha value is -3.09. The lowest BCUT2D eigenvalue weighted by molar-refractivity contribution is -0.109. The van der Waals surface area contributed by atoms with Crippen LogP contribution in [0.25, 0.3) is 16.7 Å². The van der Waals surface area contributed by atoms with E-state index < -0.39 is 0 Å². The summed E-state index contributed by atoms with van der Waals surface area (Å²) in [5.41, 5.74) is 1.75. The van der Waals surface area contributed by atoms with Crippen molar-refractivity contribution in [2.24, 2.45) is 0 Å². The van der Waals surface area contributed by atoms with E-state index in [1.54, 1.807) is 37.4 Å². The summed E-state index contributed by atoms with van der Waals surface area (Å²) >= 11 is 0. The van der Waals surface area contributed by atoms with Crippen LogP contribution in [-0.4, -0.2) is 40.1 Å². The van der Waals surface area contributed by atoms with Crippen LogP contribution in [0.15, 0.2) is 36.4 Å². The Kier molecular flexibility index (Phi) is 3.61. The standard InChI is InChI=1S/C15H13N3O4/c1-21-10-2-4-12-13(8-10)17-18(16-12)14-5-3-11(9-15(14)20)22-7-6-19/h2-6,8-9,20H,7H2,1H3. The van der Waals surface area contributed by atoms with Gasteiger partial charge in [-0.25, -0.2) is 0 Å². The number of hydrogen-bond acceptors (Lipinski definition) is 6. The molecule has 0 atom stereocenters. The quantitative estimate of drug-likeness (QED) is 0.722. The van der Waals surface area contributed by atoms with E-state index in [-0.39, 0.29) is 12.4 Å². The Morgan fingerprint density at radius 3 is 2.64 bits per heavy atom. The lowest BCUT2D eigenvalue weighted by atomic mass is 10.3. The molecule has 0 radical (unpaired) electrons. The highest BCUT2D eigenvalue weighted by molar-refractivity contribution is 5.75. The molecule has 7 nitrogen and oxygen atoms in total. The van der Waals surface area contributed by atoms with Gasteiger partial charge in [0.05, 0.1) is 7.11 Å². The monoisotopic (exact) mass is 299 g/mol. The van der Waals surface area contributed by atoms with Gasteiger partial charge in [-0.3, -0.25) is 4.79 Å². The molecule has 112 valence electrons. The summed E-state index contributed by atoms with van der Waals surface area (Å²) in [5, 5.41) is 18.7. The lowest BCUT2D eigenvalue weighted by Crippen LogP contribution is -2.01. The van der Waals surface area contributed by atoms with E-state index in [1.165, 1.54) is 10.9 Å². The van der Waals surface area contributed by atoms with Crippen molar-refractivity contribution in [1.82, 2.24) is 15.0 Å². The number of fused-ring (bicyclic) bond motifs is 1. The summed E-state index contributed by atoms with van der Waals surface area (Å²) < 4.78 is 10.3. The normalized spacial score (nSPS) is 10.6. The van der Waals surface area contributed by atoms with Crippen LogP contribution in [-0.2, 0) is 4.79 Å². The number of ether oxygens (including phenoxy) is 2. The van der Waals surface area contributed by atoms with Crippen LogP contribution < -0.4 is 9.47 Å². The minimum absolute atomic E-state index is 0.0457. The first-order chi connectivity index (χ1) is 10.7. The number of nitrogens with zero attached hydrogens (tertiary/aromatic N) is 3. The molecule has 3 rings (SSSR count). The topological polar surface area (TPSA) is 86.5 Å². The van der Waals surface area contributed by atoms with Crippen LogP contribution in [0.2, 0.25) is 0 Å². The van der Waals surface area contributed by atoms with Crippen molar-refractivity contribution in [3.8, 4) is 22.9 Å². The fourth-order valence-electron chi connectivity index (χ4n) is 2.02. The summed E-state index contributed by atoms with van der Waals surface area (Å²) in [5.74, 6) is 1.03. The molecule has 0 unspecified atom stereocenters. The SMILES string of the molecule is COc1ccc2nn(-c3ccc(OCC=O)cc3O)nc2c1. The Balaban J connectivity index is 1.98. The molecule has 22 heavy (non-hydrogen) atoms. The molecule has 3 aromatic rings. The number of aldehydes is 1. The zero-order valence-electron chi connectivity index (χ0n) is 11.8. The van der Waals surface area contributed by atoms with Gasteiger partial charge in [0, 0.05) is 12.1 Å². The molecular formula is C15H13N3O4. The number of benzene rings is 2. The highest BCUT2D eigenvalue weighted by Gasteiger charge is 2.10. The van der Waals surface area contributed by atoms with E-state index in [0.29, 0.717) is 34.5 Å². The fraction of sp³-hybridized carbons (Fsp3) is 0.133. The van der Waals surface area contributed by atoms with Crippen molar-refractivity contribution in [2.75, 3.05) is 13.7 Å². The van der Waals surface area contributed by atoms with Gasteiger partial charge in [-0.1, -0.05) is 0 Å². The summed E-state index contributed by atoms with van der Waals surface area (Å²) in [4.78, 5) is 11.6. The third-order valence-electron chi connectivity index (χ3n) is 3.07. The largest absolute Gasteiger partial charge is 0.505 e. The maximum atomic E-state index is 10.3. The Bertz CT molecular complexity index is 829. The minimum atomic E-state index is -0.0670. The first-order valence-electron chi connectivity index (χ1n) is 6.52. The molecule has 0 spiro atoms. The molecule has 0 aliphatic rings. The number of aromatic hydroxyl groups is 1.